The molecule has 20 heavy (non-hydrogen) atoms. The van der Waals surface area contributed by atoms with E-state index in [9.17, 15) is 9.59 Å². The van der Waals surface area contributed by atoms with Gasteiger partial charge in [-0.2, -0.15) is 0 Å². The van der Waals surface area contributed by atoms with Crippen molar-refractivity contribution >= 4 is 29.2 Å². The van der Waals surface area contributed by atoms with Gasteiger partial charge >= 0.3 is 6.03 Å². The third-order valence-electron chi connectivity index (χ3n) is 3.30. The highest BCUT2D eigenvalue weighted by Crippen LogP contribution is 2.25. The summed E-state index contributed by atoms with van der Waals surface area (Å²) in [5.74, 6) is -0.131. The summed E-state index contributed by atoms with van der Waals surface area (Å²) < 4.78 is 0. The first-order valence-electron chi connectivity index (χ1n) is 6.68. The molecular formula is C14H18ClN3O2. The number of urea groups is 1. The lowest BCUT2D eigenvalue weighted by Crippen LogP contribution is -2.47. The number of benzene rings is 1. The fraction of sp³-hybridized carbons (Fsp3) is 0.429. The van der Waals surface area contributed by atoms with Crippen molar-refractivity contribution in [2.24, 2.45) is 0 Å². The summed E-state index contributed by atoms with van der Waals surface area (Å²) in [6.07, 6.45) is 2.50. The van der Waals surface area contributed by atoms with Gasteiger partial charge in [-0.05, 0) is 37.8 Å². The van der Waals surface area contributed by atoms with E-state index in [4.69, 9.17) is 11.6 Å². The van der Waals surface area contributed by atoms with Crippen LogP contribution in [0, 0.1) is 6.92 Å². The molecule has 1 unspecified atom stereocenters. The van der Waals surface area contributed by atoms with Crippen molar-refractivity contribution in [2.75, 3.05) is 11.9 Å². The van der Waals surface area contributed by atoms with E-state index in [1.807, 2.05) is 19.1 Å². The number of aryl methyl sites for hydroxylation is 1. The van der Waals surface area contributed by atoms with Crippen LogP contribution in [0.25, 0.3) is 0 Å². The van der Waals surface area contributed by atoms with Gasteiger partial charge in [-0.1, -0.05) is 23.7 Å². The van der Waals surface area contributed by atoms with Crippen molar-refractivity contribution in [3.8, 4) is 0 Å². The van der Waals surface area contributed by atoms with Gasteiger partial charge in [-0.3, -0.25) is 4.79 Å². The van der Waals surface area contributed by atoms with E-state index in [-0.39, 0.29) is 5.91 Å². The van der Waals surface area contributed by atoms with E-state index in [2.05, 4.69) is 16.0 Å². The normalized spacial score (nSPS) is 18.9. The number of anilines is 1. The van der Waals surface area contributed by atoms with Crippen LogP contribution >= 0.6 is 11.6 Å². The second-order valence-corrected chi connectivity index (χ2v) is 5.28. The molecule has 1 aliphatic rings. The molecule has 1 aromatic carbocycles. The molecule has 108 valence electrons. The summed E-state index contributed by atoms with van der Waals surface area (Å²) in [7, 11) is 0. The first-order chi connectivity index (χ1) is 9.58. The third kappa shape index (κ3) is 3.63. The second kappa shape index (κ2) is 6.61. The molecule has 2 rings (SSSR count). The van der Waals surface area contributed by atoms with Gasteiger partial charge in [0.1, 0.15) is 6.04 Å². The topological polar surface area (TPSA) is 70.2 Å². The predicted molar refractivity (Wildman–Crippen MR) is 79.0 cm³/mol. The molecule has 6 heteroatoms. The smallest absolute Gasteiger partial charge is 0.319 e. The van der Waals surface area contributed by atoms with Crippen LogP contribution in [0.5, 0.6) is 0 Å². The lowest BCUT2D eigenvalue weighted by Gasteiger charge is -2.17. The van der Waals surface area contributed by atoms with Gasteiger partial charge in [0.25, 0.3) is 0 Å². The molecule has 1 aromatic rings. The van der Waals surface area contributed by atoms with Gasteiger partial charge in [0.15, 0.2) is 0 Å². The zero-order valence-electron chi connectivity index (χ0n) is 11.3. The molecule has 1 saturated heterocycles. The van der Waals surface area contributed by atoms with E-state index < -0.39 is 12.1 Å². The van der Waals surface area contributed by atoms with Gasteiger partial charge < -0.3 is 16.0 Å². The molecule has 1 aliphatic heterocycles. The van der Waals surface area contributed by atoms with Crippen molar-refractivity contribution in [3.05, 3.63) is 28.8 Å². The van der Waals surface area contributed by atoms with Crippen molar-refractivity contribution < 1.29 is 9.59 Å². The Morgan fingerprint density at radius 2 is 2.20 bits per heavy atom. The fourth-order valence-corrected chi connectivity index (χ4v) is 2.44. The van der Waals surface area contributed by atoms with E-state index >= 15 is 0 Å². The van der Waals surface area contributed by atoms with Gasteiger partial charge in [0.2, 0.25) is 5.91 Å². The highest BCUT2D eigenvalue weighted by atomic mass is 35.5. The Hall–Kier alpha value is -1.75. The minimum absolute atomic E-state index is 0.131. The van der Waals surface area contributed by atoms with Crippen molar-refractivity contribution in [3.63, 3.8) is 0 Å². The van der Waals surface area contributed by atoms with Crippen LogP contribution in [0.1, 0.15) is 24.8 Å². The van der Waals surface area contributed by atoms with E-state index in [1.54, 1.807) is 6.07 Å². The molecule has 1 atom stereocenters. The molecule has 5 nitrogen and oxygen atoms in total. The van der Waals surface area contributed by atoms with Gasteiger partial charge in [0.05, 0.1) is 10.7 Å². The lowest BCUT2D eigenvalue weighted by molar-refractivity contribution is -0.122. The Kier molecular flexibility index (Phi) is 4.84. The number of nitrogens with one attached hydrogen (secondary N) is 3. The highest BCUT2D eigenvalue weighted by Gasteiger charge is 2.22. The van der Waals surface area contributed by atoms with Crippen LogP contribution in [0.3, 0.4) is 0 Å². The molecule has 0 bridgehead atoms. The molecule has 0 radical (unpaired) electrons. The Bertz CT molecular complexity index is 499. The van der Waals surface area contributed by atoms with E-state index in [0.29, 0.717) is 23.7 Å². The molecule has 0 spiro atoms. The number of rotatable bonds is 2. The highest BCUT2D eigenvalue weighted by molar-refractivity contribution is 6.33. The third-order valence-corrected chi connectivity index (χ3v) is 3.62. The number of hydrogen-bond acceptors (Lipinski definition) is 2. The zero-order chi connectivity index (χ0) is 14.5. The fourth-order valence-electron chi connectivity index (χ4n) is 2.18. The summed E-state index contributed by atoms with van der Waals surface area (Å²) >= 11 is 6.05. The second-order valence-electron chi connectivity index (χ2n) is 4.87. The van der Waals surface area contributed by atoms with E-state index in [0.717, 1.165) is 18.4 Å². The number of halogens is 1. The SMILES string of the molecule is Cc1cccc(Cl)c1NC(=O)NC1CCCCNC1=O. The largest absolute Gasteiger partial charge is 0.354 e. The Balaban J connectivity index is 2.00. The Labute approximate surface area is 123 Å². The number of hydrogen-bond donors (Lipinski definition) is 3. The van der Waals surface area contributed by atoms with Crippen LogP contribution in [0.2, 0.25) is 5.02 Å². The standard InChI is InChI=1S/C14H18ClN3O2/c1-9-5-4-6-10(15)12(9)18-14(20)17-11-7-2-3-8-16-13(11)19/h4-6,11H,2-3,7-8H2,1H3,(H,16,19)(H2,17,18,20). The zero-order valence-corrected chi connectivity index (χ0v) is 12.1. The van der Waals surface area contributed by atoms with Crippen LogP contribution in [0.15, 0.2) is 18.2 Å². The minimum atomic E-state index is -0.486. The maximum absolute atomic E-state index is 12.0. The average Bonchev–Trinajstić information content (AvgIpc) is 2.60. The summed E-state index contributed by atoms with van der Waals surface area (Å²) in [4.78, 5) is 23.7. The molecule has 3 amide bonds. The van der Waals surface area contributed by atoms with Crippen LogP contribution in [-0.4, -0.2) is 24.5 Å². The summed E-state index contributed by atoms with van der Waals surface area (Å²) in [5, 5.41) is 8.65. The van der Waals surface area contributed by atoms with Crippen molar-refractivity contribution in [2.45, 2.75) is 32.2 Å². The number of carbonyl (C=O) groups is 2. The van der Waals surface area contributed by atoms with Crippen LogP contribution in [0.4, 0.5) is 10.5 Å². The number of para-hydroxylation sites is 1. The van der Waals surface area contributed by atoms with Gasteiger partial charge in [-0.15, -0.1) is 0 Å². The maximum atomic E-state index is 12.0. The van der Waals surface area contributed by atoms with Gasteiger partial charge in [0, 0.05) is 6.54 Å². The average molecular weight is 296 g/mol. The number of amides is 3. The first-order valence-corrected chi connectivity index (χ1v) is 7.06. The maximum Gasteiger partial charge on any atom is 0.319 e. The van der Waals surface area contributed by atoms with Crippen molar-refractivity contribution in [1.29, 1.82) is 0 Å². The molecule has 0 saturated carbocycles. The molecular weight excluding hydrogens is 278 g/mol. The van der Waals surface area contributed by atoms with Crippen molar-refractivity contribution in [1.82, 2.24) is 10.6 Å². The molecule has 0 aliphatic carbocycles. The predicted octanol–water partition coefficient (Wildman–Crippen LogP) is 2.44. The van der Waals surface area contributed by atoms with Crippen LogP contribution < -0.4 is 16.0 Å². The minimum Gasteiger partial charge on any atom is -0.354 e. The lowest BCUT2D eigenvalue weighted by atomic mass is 10.1. The van der Waals surface area contributed by atoms with E-state index in [1.165, 1.54) is 0 Å². The molecule has 1 heterocycles. The first kappa shape index (κ1) is 14.7. The molecule has 1 fully saturated rings. The molecule has 3 N–H and O–H groups in total. The van der Waals surface area contributed by atoms with Gasteiger partial charge in [-0.25, -0.2) is 4.79 Å². The van der Waals surface area contributed by atoms with Crippen LogP contribution in [-0.2, 0) is 4.79 Å². The number of carbonyl (C=O) groups excluding carboxylic acids is 2. The summed E-state index contributed by atoms with van der Waals surface area (Å²) in [6.45, 7) is 2.53. The summed E-state index contributed by atoms with van der Waals surface area (Å²) in [6, 6.07) is 4.49. The Morgan fingerprint density at radius 3 is 2.95 bits per heavy atom. The monoisotopic (exact) mass is 295 g/mol. The molecule has 0 aromatic heterocycles. The summed E-state index contributed by atoms with van der Waals surface area (Å²) in [5.41, 5.74) is 1.44. The quantitative estimate of drug-likeness (QED) is 0.784. The Morgan fingerprint density at radius 1 is 1.40 bits per heavy atom.